The van der Waals surface area contributed by atoms with Crippen LogP contribution in [-0.4, -0.2) is 92.8 Å². The Hall–Kier alpha value is -3.62. The molecule has 0 radical (unpaired) electrons. The number of ether oxygens (including phenoxy) is 1. The van der Waals surface area contributed by atoms with E-state index in [0.717, 1.165) is 32.2 Å². The molecule has 4 N–H and O–H groups in total. The first kappa shape index (κ1) is 27.0. The molecule has 3 aliphatic rings. The third-order valence-corrected chi connectivity index (χ3v) is 8.16. The van der Waals surface area contributed by atoms with Crippen LogP contribution in [0.15, 0.2) is 36.7 Å². The van der Waals surface area contributed by atoms with Gasteiger partial charge in [-0.25, -0.2) is 32.8 Å². The Labute approximate surface area is 228 Å². The van der Waals surface area contributed by atoms with Gasteiger partial charge < -0.3 is 20.3 Å². The highest BCUT2D eigenvalue weighted by atomic mass is 32.2. The normalized spacial score (nSPS) is 20.5. The van der Waals surface area contributed by atoms with E-state index in [1.807, 2.05) is 12.1 Å². The molecule has 1 aliphatic carbocycles. The molecule has 1 aromatic heterocycles. The van der Waals surface area contributed by atoms with Gasteiger partial charge >= 0.3 is 12.1 Å². The van der Waals surface area contributed by atoms with Crippen LogP contribution in [0.5, 0.6) is 0 Å². The number of hydrogen-bond donors (Lipinski definition) is 4. The van der Waals surface area contributed by atoms with Gasteiger partial charge in [0.1, 0.15) is 6.10 Å². The van der Waals surface area contributed by atoms with Crippen LogP contribution in [0.3, 0.4) is 0 Å². The van der Waals surface area contributed by atoms with Gasteiger partial charge in [0.25, 0.3) is 5.91 Å². The Morgan fingerprint density at radius 1 is 1.03 bits per heavy atom. The Morgan fingerprint density at radius 3 is 2.44 bits per heavy atom. The number of rotatable bonds is 6. The fourth-order valence-corrected chi connectivity index (χ4v) is 5.79. The number of nitrogens with one attached hydrogen (secondary N) is 4. The molecule has 208 valence electrons. The van der Waals surface area contributed by atoms with Crippen LogP contribution in [-0.2, 0) is 28.8 Å². The number of amides is 4. The topological polar surface area (TPSA) is 158 Å². The number of urea groups is 1. The van der Waals surface area contributed by atoms with E-state index in [-0.39, 0.29) is 49.8 Å². The van der Waals surface area contributed by atoms with Crippen molar-refractivity contribution in [2.45, 2.75) is 37.8 Å². The summed E-state index contributed by atoms with van der Waals surface area (Å²) < 4.78 is 21.8. The smallest absolute Gasteiger partial charge is 0.420 e. The zero-order chi connectivity index (χ0) is 27.2. The minimum absolute atomic E-state index is 0.0393. The van der Waals surface area contributed by atoms with Crippen LogP contribution in [0.2, 0.25) is 0 Å². The molecule has 2 saturated heterocycles. The number of anilines is 1. The average molecular weight is 557 g/mol. The van der Waals surface area contributed by atoms with Crippen molar-refractivity contribution in [3.63, 3.8) is 0 Å². The van der Waals surface area contributed by atoms with E-state index >= 15 is 0 Å². The predicted octanol–water partition coefficient (Wildman–Crippen LogP) is 0.580. The number of aromatic nitrogens is 2. The van der Waals surface area contributed by atoms with E-state index in [1.165, 1.54) is 28.4 Å². The fraction of sp³-hybridized carbons (Fsp3) is 0.480. The van der Waals surface area contributed by atoms with Gasteiger partial charge in [-0.15, -0.1) is 0 Å². The second-order valence-corrected chi connectivity index (χ2v) is 10.9. The van der Waals surface area contributed by atoms with Crippen molar-refractivity contribution in [3.05, 3.63) is 53.5 Å². The van der Waals surface area contributed by atoms with Gasteiger partial charge in [0.2, 0.25) is 11.2 Å². The van der Waals surface area contributed by atoms with Crippen LogP contribution in [0.4, 0.5) is 15.4 Å². The van der Waals surface area contributed by atoms with Gasteiger partial charge in [0.05, 0.1) is 0 Å². The van der Waals surface area contributed by atoms with Crippen molar-refractivity contribution >= 4 is 35.0 Å². The molecule has 2 fully saturated rings. The molecule has 39 heavy (non-hydrogen) atoms. The predicted molar refractivity (Wildman–Crippen MR) is 143 cm³/mol. The Kier molecular flexibility index (Phi) is 8.64. The van der Waals surface area contributed by atoms with Crippen LogP contribution >= 0.6 is 0 Å². The molecule has 14 heteroatoms. The Morgan fingerprint density at radius 2 is 1.74 bits per heavy atom. The lowest BCUT2D eigenvalue weighted by Gasteiger charge is -2.33. The quantitative estimate of drug-likeness (QED) is 0.402. The van der Waals surface area contributed by atoms with Crippen molar-refractivity contribution in [1.82, 2.24) is 34.5 Å². The highest BCUT2D eigenvalue weighted by Crippen LogP contribution is 2.22. The lowest BCUT2D eigenvalue weighted by Crippen LogP contribution is -2.53. The first-order valence-electron chi connectivity index (χ1n) is 13.1. The Balaban J connectivity index is 1.09. The van der Waals surface area contributed by atoms with E-state index in [9.17, 15) is 18.6 Å². The van der Waals surface area contributed by atoms with Gasteiger partial charge in [-0.3, -0.25) is 10.1 Å². The summed E-state index contributed by atoms with van der Waals surface area (Å²) >= 11 is -1.78. The van der Waals surface area contributed by atoms with Crippen molar-refractivity contribution in [1.29, 1.82) is 0 Å². The van der Waals surface area contributed by atoms with Crippen LogP contribution in [0, 0.1) is 0 Å². The lowest BCUT2D eigenvalue weighted by atomic mass is 10.1. The number of carbonyl (C=O) groups excluding carboxylic acids is 3. The van der Waals surface area contributed by atoms with E-state index in [0.29, 0.717) is 6.54 Å². The highest BCUT2D eigenvalue weighted by Gasteiger charge is 2.29. The fourth-order valence-electron chi connectivity index (χ4n) is 4.98. The summed E-state index contributed by atoms with van der Waals surface area (Å²) in [6, 6.07) is 7.58. The number of fused-ring (bicyclic) bond motifs is 1. The van der Waals surface area contributed by atoms with E-state index < -0.39 is 29.2 Å². The standard InChI is InChI=1S/C25H32N8O5S/c34-23(29-19-14-17-4-1-2-5-18(17)15-19)21-22(28-9-8-27-21)30-24(35)32-10-12-33(13-11-32)39(37)31-25(36)38-20-6-3-7-26-16-20/h1-2,4-5,8-9,19-20,26H,3,6-7,10-16H2,(H,29,34)(H,31,36)(H,28,30,35). The van der Waals surface area contributed by atoms with Crippen molar-refractivity contribution in [3.8, 4) is 0 Å². The molecule has 5 rings (SSSR count). The monoisotopic (exact) mass is 556 g/mol. The van der Waals surface area contributed by atoms with E-state index in [4.69, 9.17) is 4.74 Å². The summed E-state index contributed by atoms with van der Waals surface area (Å²) in [7, 11) is 0. The summed E-state index contributed by atoms with van der Waals surface area (Å²) in [5, 5.41) is 8.84. The molecule has 0 spiro atoms. The maximum absolute atomic E-state index is 13.0. The first-order valence-corrected chi connectivity index (χ1v) is 14.2. The molecule has 13 nitrogen and oxygen atoms in total. The molecular formula is C25H32N8O5S. The number of carbonyl (C=O) groups is 3. The zero-order valence-corrected chi connectivity index (χ0v) is 22.2. The largest absolute Gasteiger partial charge is 0.444 e. The molecule has 2 aromatic rings. The minimum Gasteiger partial charge on any atom is -0.444 e. The number of benzene rings is 1. The molecule has 4 amide bonds. The van der Waals surface area contributed by atoms with Gasteiger partial charge in [-0.05, 0) is 43.4 Å². The number of hydrogen-bond acceptors (Lipinski definition) is 8. The van der Waals surface area contributed by atoms with Crippen molar-refractivity contribution in [2.24, 2.45) is 0 Å². The summed E-state index contributed by atoms with van der Waals surface area (Å²) in [5.74, 6) is -0.332. The van der Waals surface area contributed by atoms with Crippen molar-refractivity contribution < 1.29 is 23.3 Å². The van der Waals surface area contributed by atoms with Gasteiger partial charge in [0, 0.05) is 51.2 Å². The molecule has 2 aliphatic heterocycles. The number of piperidine rings is 1. The second kappa shape index (κ2) is 12.5. The van der Waals surface area contributed by atoms with Crippen LogP contribution in [0.1, 0.15) is 34.5 Å². The maximum Gasteiger partial charge on any atom is 0.420 e. The van der Waals surface area contributed by atoms with Crippen LogP contribution in [0.25, 0.3) is 0 Å². The number of nitrogens with zero attached hydrogens (tertiary/aromatic N) is 4. The lowest BCUT2D eigenvalue weighted by molar-refractivity contribution is 0.0869. The van der Waals surface area contributed by atoms with Gasteiger partial charge in [0.15, 0.2) is 11.5 Å². The zero-order valence-electron chi connectivity index (χ0n) is 21.4. The van der Waals surface area contributed by atoms with E-state index in [1.54, 1.807) is 4.31 Å². The Bertz CT molecular complexity index is 1210. The summed E-state index contributed by atoms with van der Waals surface area (Å²) in [6.07, 6.45) is 5.01. The molecule has 0 saturated carbocycles. The molecular weight excluding hydrogens is 524 g/mol. The molecule has 1 aromatic carbocycles. The van der Waals surface area contributed by atoms with E-state index in [2.05, 4.69) is 42.8 Å². The summed E-state index contributed by atoms with van der Waals surface area (Å²) in [6.45, 7) is 2.57. The highest BCUT2D eigenvalue weighted by molar-refractivity contribution is 7.81. The molecule has 3 heterocycles. The van der Waals surface area contributed by atoms with Crippen LogP contribution < -0.4 is 20.7 Å². The van der Waals surface area contributed by atoms with Gasteiger partial charge in [-0.1, -0.05) is 24.3 Å². The summed E-state index contributed by atoms with van der Waals surface area (Å²) in [5.41, 5.74) is 2.46. The maximum atomic E-state index is 13.0. The minimum atomic E-state index is -1.78. The summed E-state index contributed by atoms with van der Waals surface area (Å²) in [4.78, 5) is 47.9. The van der Waals surface area contributed by atoms with Gasteiger partial charge in [-0.2, -0.15) is 0 Å². The van der Waals surface area contributed by atoms with Crippen molar-refractivity contribution in [2.75, 3.05) is 44.6 Å². The first-order chi connectivity index (χ1) is 19.0. The molecule has 2 unspecified atom stereocenters. The third-order valence-electron chi connectivity index (χ3n) is 6.98. The molecule has 2 atom stereocenters. The molecule has 0 bridgehead atoms. The third kappa shape index (κ3) is 6.88. The second-order valence-electron chi connectivity index (χ2n) is 9.67. The average Bonchev–Trinajstić information content (AvgIpc) is 3.36. The number of piperazine rings is 1. The SMILES string of the molecule is O=C(NS(=O)N1CCN(C(=O)Nc2nccnc2C(=O)NC2Cc3ccccc3C2)CC1)OC1CCCNC1.